The number of benzene rings is 5. The summed E-state index contributed by atoms with van der Waals surface area (Å²) in [5.74, 6) is -3.19. The molecule has 0 aromatic heterocycles. The largest absolute Gasteiger partial charge is 0.491 e. The minimum atomic E-state index is -3.14. The normalized spacial score (nSPS) is 23.5. The number of aliphatic hydroxyl groups is 1. The highest BCUT2D eigenvalue weighted by Crippen LogP contribution is 2.44. The smallest absolute Gasteiger partial charge is 0.225 e. The van der Waals surface area contributed by atoms with E-state index in [-0.39, 0.29) is 26.2 Å². The summed E-state index contributed by atoms with van der Waals surface area (Å²) in [6.07, 6.45) is -3.53. The molecule has 5 aromatic rings. The van der Waals surface area contributed by atoms with Crippen LogP contribution in [0.4, 0.5) is 4.39 Å². The van der Waals surface area contributed by atoms with Gasteiger partial charge in [-0.05, 0) is 65.4 Å². The number of aliphatic hydroxyl groups excluding tert-OH is 1. The van der Waals surface area contributed by atoms with Crippen LogP contribution >= 0.6 is 11.6 Å². The first kappa shape index (κ1) is 31.4. The van der Waals surface area contributed by atoms with Gasteiger partial charge in [0.05, 0.1) is 35.7 Å². The van der Waals surface area contributed by atoms with Crippen molar-refractivity contribution < 1.29 is 44.8 Å². The first-order valence-corrected chi connectivity index (χ1v) is 17.3. The first-order chi connectivity index (χ1) is 27.3. The zero-order valence-electron chi connectivity index (χ0n) is 33.6. The van der Waals surface area contributed by atoms with Gasteiger partial charge in [-0.15, -0.1) is 0 Å². The fourth-order valence-corrected chi connectivity index (χ4v) is 6.62. The van der Waals surface area contributed by atoms with Gasteiger partial charge in [0.2, 0.25) is 5.79 Å². The van der Waals surface area contributed by atoms with Crippen molar-refractivity contribution in [1.29, 1.82) is 0 Å². The van der Waals surface area contributed by atoms with Gasteiger partial charge >= 0.3 is 0 Å². The van der Waals surface area contributed by atoms with Crippen LogP contribution in [0.25, 0.3) is 0 Å². The fourth-order valence-electron chi connectivity index (χ4n) is 6.44. The Morgan fingerprint density at radius 1 is 0.769 bits per heavy atom. The van der Waals surface area contributed by atoms with Crippen molar-refractivity contribution in [2.75, 3.05) is 20.3 Å². The second-order valence-electron chi connectivity index (χ2n) is 12.4. The standard InChI is InChI=1S/C43H44ClFO7/c1-3-48-38-22-19-33(24-37(38)45)23-34-25-35(20-21-36(34)44)43(47-2)42(51-29-32-17-11-6-12-18-32)41(50-28-31-15-9-5-10-16-31)40(39(26-46)52-43)49-27-30-13-7-4-8-14-30/h4-22,24-25,39-42,46H,3,23,26-29H2,1-2H3/t39-,40-,41+,42-,43+/m1/s1/i1D3,3D2. The van der Waals surface area contributed by atoms with Crippen LogP contribution in [0, 0.1) is 5.82 Å². The number of rotatable bonds is 16. The monoisotopic (exact) mass is 731 g/mol. The van der Waals surface area contributed by atoms with Gasteiger partial charge in [-0.2, -0.15) is 0 Å². The van der Waals surface area contributed by atoms with Gasteiger partial charge in [0.25, 0.3) is 0 Å². The Labute approximate surface area is 316 Å². The van der Waals surface area contributed by atoms with Gasteiger partial charge in [-0.3, -0.25) is 0 Å². The molecule has 5 aromatic carbocycles. The molecule has 0 radical (unpaired) electrons. The summed E-state index contributed by atoms with van der Waals surface area (Å²) in [7, 11) is 1.48. The maximum Gasteiger partial charge on any atom is 0.225 e. The van der Waals surface area contributed by atoms with Crippen LogP contribution in [-0.2, 0) is 55.7 Å². The van der Waals surface area contributed by atoms with E-state index in [0.29, 0.717) is 21.7 Å². The molecule has 272 valence electrons. The summed E-state index contributed by atoms with van der Waals surface area (Å²) in [6.45, 7) is -6.16. The first-order valence-electron chi connectivity index (χ1n) is 19.4. The van der Waals surface area contributed by atoms with Crippen LogP contribution in [0.2, 0.25) is 5.02 Å². The second-order valence-corrected chi connectivity index (χ2v) is 12.8. The summed E-state index contributed by atoms with van der Waals surface area (Å²) in [6, 6.07) is 37.8. The van der Waals surface area contributed by atoms with Crippen LogP contribution in [0.1, 0.15) is 47.1 Å². The molecule has 0 aliphatic carbocycles. The average Bonchev–Trinajstić information content (AvgIpc) is 3.21. The summed E-state index contributed by atoms with van der Waals surface area (Å²) < 4.78 is 91.1. The number of hydrogen-bond acceptors (Lipinski definition) is 7. The molecule has 0 unspecified atom stereocenters. The van der Waals surface area contributed by atoms with Gasteiger partial charge in [0.15, 0.2) is 11.6 Å². The number of methoxy groups -OCH3 is 1. The van der Waals surface area contributed by atoms with Crippen molar-refractivity contribution in [2.24, 2.45) is 0 Å². The molecule has 0 saturated carbocycles. The van der Waals surface area contributed by atoms with Crippen LogP contribution in [0.15, 0.2) is 127 Å². The van der Waals surface area contributed by atoms with E-state index < -0.39 is 61.8 Å². The minimum Gasteiger partial charge on any atom is -0.491 e. The van der Waals surface area contributed by atoms with E-state index in [1.54, 1.807) is 18.2 Å². The lowest BCUT2D eigenvalue weighted by Gasteiger charge is -2.52. The molecule has 1 N–H and O–H groups in total. The van der Waals surface area contributed by atoms with E-state index in [0.717, 1.165) is 22.8 Å². The highest BCUT2D eigenvalue weighted by atomic mass is 35.5. The molecule has 1 saturated heterocycles. The third kappa shape index (κ3) is 8.90. The van der Waals surface area contributed by atoms with E-state index in [1.807, 2.05) is 91.0 Å². The minimum absolute atomic E-state index is 0.103. The Bertz CT molecular complexity index is 2050. The molecule has 1 heterocycles. The van der Waals surface area contributed by atoms with E-state index in [9.17, 15) is 5.11 Å². The molecule has 7 nitrogen and oxygen atoms in total. The molecule has 52 heavy (non-hydrogen) atoms. The topological polar surface area (TPSA) is 75.6 Å². The Morgan fingerprint density at radius 2 is 1.37 bits per heavy atom. The Hall–Kier alpha value is -4.12. The maximum absolute atomic E-state index is 15.2. The summed E-state index contributed by atoms with van der Waals surface area (Å²) in [5, 5.41) is 11.3. The van der Waals surface area contributed by atoms with Crippen LogP contribution in [0.3, 0.4) is 0 Å². The summed E-state index contributed by atoms with van der Waals surface area (Å²) in [5.41, 5.74) is 4.16. The molecule has 5 atom stereocenters. The lowest BCUT2D eigenvalue weighted by Crippen LogP contribution is -2.66. The van der Waals surface area contributed by atoms with Crippen molar-refractivity contribution in [3.63, 3.8) is 0 Å². The van der Waals surface area contributed by atoms with Gasteiger partial charge in [-0.1, -0.05) is 115 Å². The summed E-state index contributed by atoms with van der Waals surface area (Å²) >= 11 is 6.76. The zero-order valence-corrected chi connectivity index (χ0v) is 29.4. The van der Waals surface area contributed by atoms with Crippen LogP contribution in [-0.4, -0.2) is 49.8 Å². The highest BCUT2D eigenvalue weighted by Gasteiger charge is 2.58. The number of halogens is 2. The molecule has 0 spiro atoms. The average molecular weight is 732 g/mol. The van der Waals surface area contributed by atoms with Crippen molar-refractivity contribution in [3.05, 3.63) is 172 Å². The molecule has 1 aliphatic rings. The van der Waals surface area contributed by atoms with Crippen molar-refractivity contribution >= 4 is 11.6 Å². The number of ether oxygens (including phenoxy) is 6. The molecule has 6 rings (SSSR count). The SMILES string of the molecule is [2H]C([2H])([2H])C([2H])([2H])Oc1ccc(Cc2cc([C@]3(OC)O[C@H](CO)[C@@H](OCc4ccccc4)[C@H](OCc4ccccc4)[C@H]3OCc3ccccc3)ccc2Cl)cc1F. The molecule has 9 heteroatoms. The maximum atomic E-state index is 15.2. The van der Waals surface area contributed by atoms with E-state index >= 15 is 4.39 Å². The van der Waals surface area contributed by atoms with E-state index in [2.05, 4.69) is 0 Å². The van der Waals surface area contributed by atoms with Crippen molar-refractivity contribution in [1.82, 2.24) is 0 Å². The molecular formula is C43H44ClFO7. The quantitative estimate of drug-likeness (QED) is 0.109. The van der Waals surface area contributed by atoms with Crippen molar-refractivity contribution in [2.45, 2.75) is 63.3 Å². The van der Waals surface area contributed by atoms with E-state index in [4.69, 9.17) is 46.9 Å². The third-order valence-electron chi connectivity index (χ3n) is 9.02. The van der Waals surface area contributed by atoms with Crippen LogP contribution in [0.5, 0.6) is 5.75 Å². The molecular weight excluding hydrogens is 683 g/mol. The van der Waals surface area contributed by atoms with E-state index in [1.165, 1.54) is 19.2 Å². The van der Waals surface area contributed by atoms with Gasteiger partial charge in [0.1, 0.15) is 24.4 Å². The van der Waals surface area contributed by atoms with Crippen molar-refractivity contribution in [3.8, 4) is 5.75 Å². The second kappa shape index (κ2) is 18.1. The Balaban J connectivity index is 1.38. The van der Waals surface area contributed by atoms with Gasteiger partial charge in [0, 0.05) is 21.8 Å². The Kier molecular flexibility index (Phi) is 10.9. The lowest BCUT2D eigenvalue weighted by molar-refractivity contribution is -0.384. The molecule has 0 bridgehead atoms. The fraction of sp³-hybridized carbons (Fsp3) is 0.302. The van der Waals surface area contributed by atoms with Gasteiger partial charge in [-0.25, -0.2) is 4.39 Å². The lowest BCUT2D eigenvalue weighted by atomic mass is 9.86. The van der Waals surface area contributed by atoms with Crippen LogP contribution < -0.4 is 4.74 Å². The molecule has 0 amide bonds. The summed E-state index contributed by atoms with van der Waals surface area (Å²) in [4.78, 5) is 0. The Morgan fingerprint density at radius 3 is 1.92 bits per heavy atom. The molecule has 1 fully saturated rings. The third-order valence-corrected chi connectivity index (χ3v) is 9.38. The predicted molar refractivity (Wildman–Crippen MR) is 198 cm³/mol. The molecule has 1 aliphatic heterocycles. The van der Waals surface area contributed by atoms with Gasteiger partial charge < -0.3 is 33.5 Å². The zero-order chi connectivity index (χ0) is 40.6. The number of hydrogen-bond donors (Lipinski definition) is 1. The highest BCUT2D eigenvalue weighted by molar-refractivity contribution is 6.31. The predicted octanol–water partition coefficient (Wildman–Crippen LogP) is 8.42.